The highest BCUT2D eigenvalue weighted by atomic mass is 16.5. The van der Waals surface area contributed by atoms with Crippen molar-refractivity contribution in [1.82, 2.24) is 9.88 Å². The maximum absolute atomic E-state index is 12.1. The number of likely N-dealkylation sites (N-methyl/N-ethyl adjacent to an activating group) is 1. The summed E-state index contributed by atoms with van der Waals surface area (Å²) in [6, 6.07) is 10.8. The van der Waals surface area contributed by atoms with Crippen molar-refractivity contribution in [2.75, 3.05) is 38.3 Å². The second kappa shape index (κ2) is 8.14. The molecule has 0 aliphatic rings. The van der Waals surface area contributed by atoms with E-state index in [9.17, 15) is 4.79 Å². The molecule has 1 aromatic heterocycles. The Kier molecular flexibility index (Phi) is 5.94. The largest absolute Gasteiger partial charge is 0.492 e. The van der Waals surface area contributed by atoms with Crippen LogP contribution >= 0.6 is 0 Å². The summed E-state index contributed by atoms with van der Waals surface area (Å²) in [6.07, 6.45) is 1.74. The van der Waals surface area contributed by atoms with Crippen LogP contribution in [-0.4, -0.2) is 43.0 Å². The Morgan fingerprint density at radius 3 is 2.83 bits per heavy atom. The van der Waals surface area contributed by atoms with Crippen LogP contribution in [0.3, 0.4) is 0 Å². The van der Waals surface area contributed by atoms with E-state index in [0.717, 1.165) is 12.3 Å². The van der Waals surface area contributed by atoms with Gasteiger partial charge in [-0.05, 0) is 38.4 Å². The van der Waals surface area contributed by atoms with Gasteiger partial charge in [0.2, 0.25) is 5.91 Å². The topological polar surface area (TPSA) is 80.5 Å². The van der Waals surface area contributed by atoms with E-state index < -0.39 is 0 Å². The minimum absolute atomic E-state index is 0.132. The molecule has 3 N–H and O–H groups in total. The number of carbonyl (C=O) groups excluding carboxylic acids is 1. The van der Waals surface area contributed by atoms with Crippen LogP contribution in [0.5, 0.6) is 5.75 Å². The highest BCUT2D eigenvalue weighted by Crippen LogP contribution is 2.17. The zero-order valence-corrected chi connectivity index (χ0v) is 13.5. The second-order valence-electron chi connectivity index (χ2n) is 5.49. The number of carbonyl (C=O) groups is 1. The van der Waals surface area contributed by atoms with Gasteiger partial charge in [0.1, 0.15) is 12.4 Å². The average molecular weight is 314 g/mol. The van der Waals surface area contributed by atoms with Crippen LogP contribution in [0.15, 0.2) is 42.6 Å². The van der Waals surface area contributed by atoms with Crippen LogP contribution in [0.2, 0.25) is 0 Å². The molecule has 0 fully saturated rings. The normalized spacial score (nSPS) is 10.6. The Balaban J connectivity index is 1.89. The van der Waals surface area contributed by atoms with Crippen LogP contribution in [0.25, 0.3) is 0 Å². The minimum atomic E-state index is -0.132. The lowest BCUT2D eigenvalue weighted by molar-refractivity contribution is -0.115. The van der Waals surface area contributed by atoms with E-state index in [4.69, 9.17) is 10.5 Å². The lowest BCUT2D eigenvalue weighted by atomic mass is 10.2. The van der Waals surface area contributed by atoms with Gasteiger partial charge in [0.15, 0.2) is 0 Å². The van der Waals surface area contributed by atoms with Gasteiger partial charge in [0, 0.05) is 24.0 Å². The lowest BCUT2D eigenvalue weighted by Crippen LogP contribution is -2.19. The molecular formula is C17H22N4O2. The van der Waals surface area contributed by atoms with Gasteiger partial charge in [-0.2, -0.15) is 0 Å². The van der Waals surface area contributed by atoms with Gasteiger partial charge in [0.05, 0.1) is 18.3 Å². The molecule has 6 heteroatoms. The van der Waals surface area contributed by atoms with Crippen molar-refractivity contribution >= 4 is 17.3 Å². The maximum atomic E-state index is 12.1. The zero-order valence-electron chi connectivity index (χ0n) is 13.5. The van der Waals surface area contributed by atoms with E-state index in [1.807, 2.05) is 43.3 Å². The molecule has 0 spiro atoms. The van der Waals surface area contributed by atoms with Gasteiger partial charge < -0.3 is 20.7 Å². The van der Waals surface area contributed by atoms with Crippen LogP contribution in [0.1, 0.15) is 5.69 Å². The molecule has 2 rings (SSSR count). The van der Waals surface area contributed by atoms with Gasteiger partial charge in [0.25, 0.3) is 0 Å². The third-order valence-corrected chi connectivity index (χ3v) is 3.11. The van der Waals surface area contributed by atoms with Crippen molar-refractivity contribution in [3.05, 3.63) is 48.3 Å². The molecular weight excluding hydrogens is 292 g/mol. The second-order valence-corrected chi connectivity index (χ2v) is 5.49. The first-order valence-electron chi connectivity index (χ1n) is 7.41. The first-order chi connectivity index (χ1) is 11.0. The number of hydrogen-bond donors (Lipinski definition) is 2. The predicted molar refractivity (Wildman–Crippen MR) is 91.5 cm³/mol. The summed E-state index contributed by atoms with van der Waals surface area (Å²) in [4.78, 5) is 18.2. The number of nitrogens with one attached hydrogen (secondary N) is 1. The third kappa shape index (κ3) is 5.96. The SMILES string of the molecule is CN(C)CCOc1cccc(NC(=O)Cc2ccc(N)cn2)c1. The van der Waals surface area contributed by atoms with Crippen molar-refractivity contribution in [2.45, 2.75) is 6.42 Å². The summed E-state index contributed by atoms with van der Waals surface area (Å²) in [5.41, 5.74) is 7.53. The van der Waals surface area contributed by atoms with E-state index >= 15 is 0 Å². The standard InChI is InChI=1S/C17H22N4O2/c1-21(2)8-9-23-16-5-3-4-15(10-16)20-17(22)11-14-7-6-13(18)12-19-14/h3-7,10,12H,8-9,11,18H2,1-2H3,(H,20,22). The van der Waals surface area contributed by atoms with E-state index in [2.05, 4.69) is 10.3 Å². The van der Waals surface area contributed by atoms with Crippen LogP contribution in [-0.2, 0) is 11.2 Å². The van der Waals surface area contributed by atoms with Crippen LogP contribution < -0.4 is 15.8 Å². The summed E-state index contributed by atoms with van der Waals surface area (Å²) in [5.74, 6) is 0.600. The Bertz CT molecular complexity index is 641. The van der Waals surface area contributed by atoms with Gasteiger partial charge in [-0.15, -0.1) is 0 Å². The molecule has 0 saturated heterocycles. The quantitative estimate of drug-likeness (QED) is 0.814. The first-order valence-corrected chi connectivity index (χ1v) is 7.41. The summed E-state index contributed by atoms with van der Waals surface area (Å²) in [6.45, 7) is 1.43. The van der Waals surface area contributed by atoms with E-state index in [1.54, 1.807) is 18.3 Å². The zero-order chi connectivity index (χ0) is 16.7. The van der Waals surface area contributed by atoms with Gasteiger partial charge in [-0.3, -0.25) is 9.78 Å². The van der Waals surface area contributed by atoms with Crippen LogP contribution in [0.4, 0.5) is 11.4 Å². The molecule has 122 valence electrons. The van der Waals surface area contributed by atoms with E-state index in [0.29, 0.717) is 23.7 Å². The number of nitrogen functional groups attached to an aromatic ring is 1. The summed E-state index contributed by atoms with van der Waals surface area (Å²) >= 11 is 0. The van der Waals surface area contributed by atoms with Crippen molar-refractivity contribution < 1.29 is 9.53 Å². The summed E-state index contributed by atoms with van der Waals surface area (Å²) < 4.78 is 5.65. The molecule has 1 aromatic carbocycles. The van der Waals surface area contributed by atoms with E-state index in [-0.39, 0.29) is 12.3 Å². The van der Waals surface area contributed by atoms with Gasteiger partial charge in [-0.1, -0.05) is 6.07 Å². The first kappa shape index (κ1) is 16.8. The Hall–Kier alpha value is -2.60. The van der Waals surface area contributed by atoms with E-state index in [1.165, 1.54) is 0 Å². The molecule has 23 heavy (non-hydrogen) atoms. The Morgan fingerprint density at radius 1 is 1.30 bits per heavy atom. The Labute approximate surface area is 136 Å². The lowest BCUT2D eigenvalue weighted by Gasteiger charge is -2.12. The van der Waals surface area contributed by atoms with Crippen molar-refractivity contribution in [3.63, 3.8) is 0 Å². The summed E-state index contributed by atoms with van der Waals surface area (Å²) in [7, 11) is 3.98. The molecule has 0 unspecified atom stereocenters. The average Bonchev–Trinajstić information content (AvgIpc) is 2.49. The van der Waals surface area contributed by atoms with Crippen molar-refractivity contribution in [3.8, 4) is 5.75 Å². The number of ether oxygens (including phenoxy) is 1. The maximum Gasteiger partial charge on any atom is 0.230 e. The highest BCUT2D eigenvalue weighted by molar-refractivity contribution is 5.92. The number of hydrogen-bond acceptors (Lipinski definition) is 5. The number of rotatable bonds is 7. The molecule has 6 nitrogen and oxygen atoms in total. The number of benzene rings is 1. The highest BCUT2D eigenvalue weighted by Gasteiger charge is 2.06. The molecule has 1 heterocycles. The molecule has 0 saturated carbocycles. The molecule has 0 radical (unpaired) electrons. The van der Waals surface area contributed by atoms with Gasteiger partial charge >= 0.3 is 0 Å². The van der Waals surface area contributed by atoms with Crippen LogP contribution in [0, 0.1) is 0 Å². The fourth-order valence-electron chi connectivity index (χ4n) is 1.92. The molecule has 0 aliphatic carbocycles. The van der Waals surface area contributed by atoms with Crippen molar-refractivity contribution in [2.24, 2.45) is 0 Å². The number of pyridine rings is 1. The smallest absolute Gasteiger partial charge is 0.230 e. The number of nitrogens with zero attached hydrogens (tertiary/aromatic N) is 2. The fourth-order valence-corrected chi connectivity index (χ4v) is 1.92. The van der Waals surface area contributed by atoms with Crippen molar-refractivity contribution in [1.29, 1.82) is 0 Å². The molecule has 0 aliphatic heterocycles. The van der Waals surface area contributed by atoms with Gasteiger partial charge in [-0.25, -0.2) is 0 Å². The predicted octanol–water partition coefficient (Wildman–Crippen LogP) is 1.79. The number of nitrogens with two attached hydrogens (primary N) is 1. The Morgan fingerprint density at radius 2 is 2.13 bits per heavy atom. The molecule has 0 bridgehead atoms. The third-order valence-electron chi connectivity index (χ3n) is 3.11. The summed E-state index contributed by atoms with van der Waals surface area (Å²) in [5, 5.41) is 2.84. The monoisotopic (exact) mass is 314 g/mol. The molecule has 0 atom stereocenters. The number of amides is 1. The molecule has 2 aromatic rings. The number of anilines is 2. The fraction of sp³-hybridized carbons (Fsp3) is 0.294. The minimum Gasteiger partial charge on any atom is -0.492 e. The molecule has 1 amide bonds. The number of aromatic nitrogens is 1.